The number of carboxylic acid groups (broad SMARTS) is 1. The second kappa shape index (κ2) is 9.67. The first-order valence-corrected chi connectivity index (χ1v) is 10.6. The number of aromatic nitrogens is 2. The van der Waals surface area contributed by atoms with Crippen LogP contribution in [0.4, 0.5) is 5.82 Å². The van der Waals surface area contributed by atoms with Crippen molar-refractivity contribution < 1.29 is 24.2 Å². The average molecular weight is 419 g/mol. The zero-order valence-corrected chi connectivity index (χ0v) is 17.0. The molecule has 1 amide bonds. The molecular weight excluding hydrogens is 390 g/mol. The lowest BCUT2D eigenvalue weighted by Crippen LogP contribution is -2.47. The Kier molecular flexibility index (Phi) is 6.76. The van der Waals surface area contributed by atoms with E-state index in [2.05, 4.69) is 20.2 Å². The Balaban J connectivity index is 0.000000687. The molecule has 1 aromatic heterocycles. The molecule has 2 N–H and O–H groups in total. The molecule has 3 saturated heterocycles. The van der Waals surface area contributed by atoms with E-state index in [0.29, 0.717) is 56.0 Å². The summed E-state index contributed by atoms with van der Waals surface area (Å²) in [6, 6.07) is 0.809. The highest BCUT2D eigenvalue weighted by atomic mass is 16.5. The van der Waals surface area contributed by atoms with Crippen LogP contribution in [0.15, 0.2) is 12.4 Å². The number of morpholine rings is 2. The molecule has 3 atom stereocenters. The molecule has 4 fully saturated rings. The van der Waals surface area contributed by atoms with E-state index in [0.717, 1.165) is 32.0 Å². The van der Waals surface area contributed by atoms with E-state index in [9.17, 15) is 4.79 Å². The van der Waals surface area contributed by atoms with E-state index < -0.39 is 0 Å². The molecule has 0 unspecified atom stereocenters. The second-order valence-electron chi connectivity index (χ2n) is 8.19. The van der Waals surface area contributed by atoms with E-state index in [-0.39, 0.29) is 12.4 Å². The lowest BCUT2D eigenvalue weighted by molar-refractivity contribution is -0.122. The average Bonchev–Trinajstić information content (AvgIpc) is 3.54. The minimum absolute atomic E-state index is 0.0704. The number of carbonyl (C=O) groups is 2. The molecule has 0 aromatic carbocycles. The van der Waals surface area contributed by atoms with E-state index in [1.807, 2.05) is 0 Å². The number of carbonyl (C=O) groups excluding carboxylic acids is 1. The molecule has 10 heteroatoms. The van der Waals surface area contributed by atoms with Crippen molar-refractivity contribution in [1.82, 2.24) is 19.8 Å². The summed E-state index contributed by atoms with van der Waals surface area (Å²) in [6.07, 6.45) is 7.37. The summed E-state index contributed by atoms with van der Waals surface area (Å²) >= 11 is 0. The normalized spacial score (nSPS) is 28.8. The fourth-order valence-corrected chi connectivity index (χ4v) is 4.43. The number of nitrogens with zero attached hydrogens (tertiary/aromatic N) is 4. The summed E-state index contributed by atoms with van der Waals surface area (Å²) in [4.78, 5) is 34.1. The Hall–Kier alpha value is -2.30. The summed E-state index contributed by atoms with van der Waals surface area (Å²) in [7, 11) is 0. The molecule has 0 radical (unpaired) electrons. The molecule has 3 aliphatic heterocycles. The molecular formula is C20H29N5O5. The maximum atomic E-state index is 12.6. The minimum Gasteiger partial charge on any atom is -0.483 e. The highest BCUT2D eigenvalue weighted by Crippen LogP contribution is 2.38. The quantitative estimate of drug-likeness (QED) is 0.665. The highest BCUT2D eigenvalue weighted by molar-refractivity contribution is 5.92. The van der Waals surface area contributed by atoms with Gasteiger partial charge in [-0.3, -0.25) is 19.5 Å². The van der Waals surface area contributed by atoms with Crippen LogP contribution in [0.3, 0.4) is 0 Å². The van der Waals surface area contributed by atoms with Crippen LogP contribution in [0.1, 0.15) is 29.8 Å². The molecule has 0 spiro atoms. The van der Waals surface area contributed by atoms with Crippen molar-refractivity contribution in [2.24, 2.45) is 5.92 Å². The lowest BCUT2D eigenvalue weighted by atomic mass is 10.1. The SMILES string of the molecule is O=C(c1cncc(N[C@@H]2C[C@H]3CO[C@H](C4CC4)CN3C2)n1)N1CCOCC1.O=CO. The van der Waals surface area contributed by atoms with Crippen LogP contribution in [0.25, 0.3) is 0 Å². The van der Waals surface area contributed by atoms with Crippen molar-refractivity contribution >= 4 is 18.2 Å². The van der Waals surface area contributed by atoms with Crippen LogP contribution in [0.2, 0.25) is 0 Å². The zero-order valence-electron chi connectivity index (χ0n) is 17.0. The number of hydrogen-bond donors (Lipinski definition) is 2. The highest BCUT2D eigenvalue weighted by Gasteiger charge is 2.42. The maximum absolute atomic E-state index is 12.6. The van der Waals surface area contributed by atoms with Gasteiger partial charge in [-0.1, -0.05) is 0 Å². The van der Waals surface area contributed by atoms with E-state index in [4.69, 9.17) is 19.4 Å². The molecule has 164 valence electrons. The first-order valence-electron chi connectivity index (χ1n) is 10.6. The minimum atomic E-state index is -0.250. The number of anilines is 1. The van der Waals surface area contributed by atoms with Crippen LogP contribution in [-0.4, -0.2) is 101 Å². The zero-order chi connectivity index (χ0) is 20.9. The smallest absolute Gasteiger partial charge is 0.290 e. The number of fused-ring (bicyclic) bond motifs is 1. The van der Waals surface area contributed by atoms with Crippen molar-refractivity contribution in [3.05, 3.63) is 18.1 Å². The van der Waals surface area contributed by atoms with Gasteiger partial charge in [0.15, 0.2) is 0 Å². The van der Waals surface area contributed by atoms with Crippen molar-refractivity contribution in [2.45, 2.75) is 37.5 Å². The molecule has 1 aromatic rings. The molecule has 30 heavy (non-hydrogen) atoms. The van der Waals surface area contributed by atoms with Gasteiger partial charge in [-0.15, -0.1) is 0 Å². The standard InChI is InChI=1S/C19H27N5O3.CH2O2/c25-19(23-3-5-26-6-4-23)16-8-20-9-18(22-16)21-14-7-15-12-27-17(13-1-2-13)11-24(15)10-14;2-1-3/h8-9,13-15,17H,1-7,10-12H2,(H,21,22);1H,(H,2,3)/t14-,15+,17+;/m1./s1. The molecule has 1 saturated carbocycles. The third kappa shape index (κ3) is 5.05. The number of nitrogens with one attached hydrogen (secondary N) is 1. The predicted molar refractivity (Wildman–Crippen MR) is 107 cm³/mol. The summed E-state index contributed by atoms with van der Waals surface area (Å²) < 4.78 is 11.4. The molecule has 10 nitrogen and oxygen atoms in total. The largest absolute Gasteiger partial charge is 0.483 e. The van der Waals surface area contributed by atoms with Crippen molar-refractivity contribution in [1.29, 1.82) is 0 Å². The van der Waals surface area contributed by atoms with Crippen molar-refractivity contribution in [2.75, 3.05) is 51.3 Å². The molecule has 4 heterocycles. The van der Waals surface area contributed by atoms with Crippen LogP contribution >= 0.6 is 0 Å². The first-order chi connectivity index (χ1) is 14.7. The lowest BCUT2D eigenvalue weighted by Gasteiger charge is -2.35. The van der Waals surface area contributed by atoms with Gasteiger partial charge < -0.3 is 24.8 Å². The number of hydrogen-bond acceptors (Lipinski definition) is 8. The Bertz CT molecular complexity index is 740. The number of ether oxygens (including phenoxy) is 2. The Morgan fingerprint density at radius 2 is 2.00 bits per heavy atom. The molecule has 5 rings (SSSR count). The monoisotopic (exact) mass is 419 g/mol. The van der Waals surface area contributed by atoms with Gasteiger partial charge in [0.25, 0.3) is 12.4 Å². The summed E-state index contributed by atoms with van der Waals surface area (Å²) in [6.45, 7) is 5.02. The summed E-state index contributed by atoms with van der Waals surface area (Å²) in [5, 5.41) is 10.4. The van der Waals surface area contributed by atoms with Crippen molar-refractivity contribution in [3.63, 3.8) is 0 Å². The molecule has 4 aliphatic rings. The van der Waals surface area contributed by atoms with Gasteiger partial charge in [0.2, 0.25) is 0 Å². The topological polar surface area (TPSA) is 117 Å². The predicted octanol–water partition coefficient (Wildman–Crippen LogP) is 0.313. The Morgan fingerprint density at radius 3 is 2.73 bits per heavy atom. The van der Waals surface area contributed by atoms with Gasteiger partial charge in [0.1, 0.15) is 11.5 Å². The molecule has 0 bridgehead atoms. The first kappa shape index (κ1) is 21.0. The van der Waals surface area contributed by atoms with E-state index >= 15 is 0 Å². The fraction of sp³-hybridized carbons (Fsp3) is 0.700. The van der Waals surface area contributed by atoms with Gasteiger partial charge >= 0.3 is 0 Å². The number of amides is 1. The summed E-state index contributed by atoms with van der Waals surface area (Å²) in [5.74, 6) is 1.39. The fourth-order valence-electron chi connectivity index (χ4n) is 4.43. The third-order valence-electron chi connectivity index (χ3n) is 6.10. The van der Waals surface area contributed by atoms with Gasteiger partial charge in [-0.05, 0) is 25.2 Å². The van der Waals surface area contributed by atoms with Gasteiger partial charge in [-0.25, -0.2) is 4.98 Å². The van der Waals surface area contributed by atoms with Crippen LogP contribution in [0.5, 0.6) is 0 Å². The van der Waals surface area contributed by atoms with Gasteiger partial charge in [-0.2, -0.15) is 0 Å². The maximum Gasteiger partial charge on any atom is 0.290 e. The van der Waals surface area contributed by atoms with Crippen LogP contribution in [-0.2, 0) is 14.3 Å². The number of rotatable bonds is 4. The van der Waals surface area contributed by atoms with E-state index in [1.54, 1.807) is 17.3 Å². The van der Waals surface area contributed by atoms with Gasteiger partial charge in [0, 0.05) is 38.3 Å². The summed E-state index contributed by atoms with van der Waals surface area (Å²) in [5.41, 5.74) is 0.398. The third-order valence-corrected chi connectivity index (χ3v) is 6.10. The Labute approximate surface area is 175 Å². The van der Waals surface area contributed by atoms with Crippen molar-refractivity contribution in [3.8, 4) is 0 Å². The van der Waals surface area contributed by atoms with E-state index in [1.165, 1.54) is 12.8 Å². The molecule has 1 aliphatic carbocycles. The van der Waals surface area contributed by atoms with Gasteiger partial charge in [0.05, 0.1) is 38.3 Å². The second-order valence-corrected chi connectivity index (χ2v) is 8.19. The van der Waals surface area contributed by atoms with Crippen LogP contribution < -0.4 is 5.32 Å². The van der Waals surface area contributed by atoms with Crippen LogP contribution in [0, 0.1) is 5.92 Å². The Morgan fingerprint density at radius 1 is 1.23 bits per heavy atom.